The van der Waals surface area contributed by atoms with Gasteiger partial charge in [-0.1, -0.05) is 48.3 Å². The van der Waals surface area contributed by atoms with Crippen LogP contribution >= 0.6 is 23.2 Å². The number of ether oxygens (including phenoxy) is 1. The van der Waals surface area contributed by atoms with Gasteiger partial charge in [0.15, 0.2) is 11.6 Å². The van der Waals surface area contributed by atoms with Gasteiger partial charge in [-0.2, -0.15) is 0 Å². The molecule has 5 rings (SSSR count). The van der Waals surface area contributed by atoms with Crippen molar-refractivity contribution >= 4 is 29.5 Å². The molecule has 0 amide bonds. The van der Waals surface area contributed by atoms with Gasteiger partial charge in [-0.15, -0.1) is 0 Å². The standard InChI is InChI=1S/C16H21ClN4O3.C10H11ClN4O2.C4H6O/c1-3-24-14-8-11(2)15(21(22)23)16-19(6-7-20(14)16)10-12-4-5-13(17)18-9-12;11-9-2-1-8(5-13-9)6-14-4-3-12-10(14)7-15(16)17;1-2-3-4-5/h4-5,9,11,14H,3,6-8,10H2,1-2H3;1-2,5,7,12H,3-4,6H2;2-4H,1H3/b;10-7-;3-2-. The van der Waals surface area contributed by atoms with Gasteiger partial charge in [0.2, 0.25) is 0 Å². The van der Waals surface area contributed by atoms with Gasteiger partial charge in [0.05, 0.1) is 15.8 Å². The molecule has 2 fully saturated rings. The number of carbonyl (C=O) groups excluding carboxylic acids is 1. The van der Waals surface area contributed by atoms with Crippen LogP contribution in [0.1, 0.15) is 38.3 Å². The Kier molecular flexibility index (Phi) is 14.2. The third-order valence-electron chi connectivity index (χ3n) is 7.19. The molecule has 2 atom stereocenters. The summed E-state index contributed by atoms with van der Waals surface area (Å²) in [7, 11) is 0. The molecule has 0 radical (unpaired) electrons. The molecule has 3 aliphatic rings. The van der Waals surface area contributed by atoms with Crippen LogP contribution < -0.4 is 5.32 Å². The summed E-state index contributed by atoms with van der Waals surface area (Å²) in [6.07, 6.45) is 8.79. The van der Waals surface area contributed by atoms with Gasteiger partial charge in [-0.3, -0.25) is 25.0 Å². The number of halogens is 2. The molecule has 0 saturated carbocycles. The number of aromatic nitrogens is 2. The van der Waals surface area contributed by atoms with Crippen molar-refractivity contribution in [2.45, 2.75) is 46.5 Å². The quantitative estimate of drug-likeness (QED) is 0.129. The largest absolute Gasteiger partial charge is 0.365 e. The van der Waals surface area contributed by atoms with E-state index in [1.54, 1.807) is 37.5 Å². The highest BCUT2D eigenvalue weighted by Crippen LogP contribution is 2.37. The Morgan fingerprint density at radius 1 is 1.02 bits per heavy atom. The topological polar surface area (TPSA) is 160 Å². The van der Waals surface area contributed by atoms with Crippen LogP contribution in [0.2, 0.25) is 10.3 Å². The van der Waals surface area contributed by atoms with E-state index in [1.807, 2.05) is 40.7 Å². The normalized spacial score (nSPS) is 19.7. The molecule has 2 unspecified atom stereocenters. The Morgan fingerprint density at radius 2 is 1.65 bits per heavy atom. The highest BCUT2D eigenvalue weighted by atomic mass is 35.5. The van der Waals surface area contributed by atoms with Crippen molar-refractivity contribution in [2.24, 2.45) is 5.92 Å². The first-order valence-electron chi connectivity index (χ1n) is 14.7. The number of aldehydes is 1. The Labute approximate surface area is 277 Å². The number of pyridine rings is 2. The van der Waals surface area contributed by atoms with E-state index in [1.165, 1.54) is 6.08 Å². The number of carbonyl (C=O) groups is 1. The zero-order valence-corrected chi connectivity index (χ0v) is 27.4. The maximum absolute atomic E-state index is 11.6. The Morgan fingerprint density at radius 3 is 2.13 bits per heavy atom. The number of hydrogen-bond acceptors (Lipinski definition) is 12. The van der Waals surface area contributed by atoms with Crippen molar-refractivity contribution in [3.05, 3.63) is 114 Å². The summed E-state index contributed by atoms with van der Waals surface area (Å²) in [5, 5.41) is 25.9. The molecule has 0 bridgehead atoms. The Balaban J connectivity index is 0.000000228. The molecule has 14 nitrogen and oxygen atoms in total. The maximum atomic E-state index is 11.6. The van der Waals surface area contributed by atoms with Crippen LogP contribution in [0, 0.1) is 26.1 Å². The maximum Gasteiger partial charge on any atom is 0.289 e. The molecule has 0 spiro atoms. The van der Waals surface area contributed by atoms with Crippen molar-refractivity contribution in [1.29, 1.82) is 0 Å². The van der Waals surface area contributed by atoms with E-state index in [0.29, 0.717) is 54.6 Å². The zero-order chi connectivity index (χ0) is 33.6. The van der Waals surface area contributed by atoms with Crippen LogP contribution in [-0.2, 0) is 22.6 Å². The molecule has 16 heteroatoms. The van der Waals surface area contributed by atoms with Crippen LogP contribution in [0.5, 0.6) is 0 Å². The lowest BCUT2D eigenvalue weighted by atomic mass is 9.98. The van der Waals surface area contributed by atoms with Crippen LogP contribution in [0.25, 0.3) is 0 Å². The smallest absolute Gasteiger partial charge is 0.289 e. The van der Waals surface area contributed by atoms with E-state index in [4.69, 9.17) is 27.9 Å². The first-order chi connectivity index (χ1) is 22.1. The van der Waals surface area contributed by atoms with Crippen LogP contribution in [0.3, 0.4) is 0 Å². The molecule has 2 saturated heterocycles. The first-order valence-corrected chi connectivity index (χ1v) is 15.5. The van der Waals surface area contributed by atoms with Crippen LogP contribution in [0.15, 0.2) is 72.4 Å². The molecule has 0 aliphatic carbocycles. The second kappa shape index (κ2) is 18.0. The van der Waals surface area contributed by atoms with Crippen molar-refractivity contribution in [3.63, 3.8) is 0 Å². The van der Waals surface area contributed by atoms with E-state index in [2.05, 4.69) is 15.3 Å². The lowest BCUT2D eigenvalue weighted by molar-refractivity contribution is -0.439. The number of fused-ring (bicyclic) bond motifs is 1. The lowest BCUT2D eigenvalue weighted by Crippen LogP contribution is -2.43. The lowest BCUT2D eigenvalue weighted by Gasteiger charge is -2.36. The van der Waals surface area contributed by atoms with Gasteiger partial charge in [0, 0.05) is 64.7 Å². The fraction of sp³-hybridized carbons (Fsp3) is 0.433. The van der Waals surface area contributed by atoms with Gasteiger partial charge in [-0.05, 0) is 43.2 Å². The molecule has 2 aromatic heterocycles. The average Bonchev–Trinajstić information content (AvgIpc) is 3.63. The van der Waals surface area contributed by atoms with Gasteiger partial charge in [-0.25, -0.2) is 9.97 Å². The SMILES string of the molecule is C/C=C\C=O.CCOC1CC(C)C([N+](=O)[O-])=C2N(Cc3ccc(Cl)nc3)CCN21.O=[N+]([O-])/C=C1/NCCN1Cc1ccc(Cl)nc1. The summed E-state index contributed by atoms with van der Waals surface area (Å²) in [6.45, 7) is 10.3. The second-order valence-electron chi connectivity index (χ2n) is 10.4. The van der Waals surface area contributed by atoms with Crippen LogP contribution in [0.4, 0.5) is 0 Å². The number of nitrogens with one attached hydrogen (secondary N) is 1. The van der Waals surface area contributed by atoms with Gasteiger partial charge < -0.3 is 24.8 Å². The van der Waals surface area contributed by atoms with E-state index in [-0.39, 0.29) is 22.8 Å². The Hall–Kier alpha value is -4.27. The fourth-order valence-corrected chi connectivity index (χ4v) is 5.42. The van der Waals surface area contributed by atoms with Crippen molar-refractivity contribution in [1.82, 2.24) is 30.0 Å². The van der Waals surface area contributed by atoms with Gasteiger partial charge >= 0.3 is 0 Å². The summed E-state index contributed by atoms with van der Waals surface area (Å²) >= 11 is 11.5. The highest BCUT2D eigenvalue weighted by molar-refractivity contribution is 6.29. The predicted molar refractivity (Wildman–Crippen MR) is 173 cm³/mol. The summed E-state index contributed by atoms with van der Waals surface area (Å²) in [5.74, 6) is 1.07. The number of rotatable bonds is 9. The number of allylic oxidation sites excluding steroid dienone is 3. The van der Waals surface area contributed by atoms with E-state index in [0.717, 1.165) is 43.2 Å². The minimum atomic E-state index is -0.458. The summed E-state index contributed by atoms with van der Waals surface area (Å²) in [4.78, 5) is 44.7. The minimum Gasteiger partial charge on any atom is -0.365 e. The molecule has 1 N–H and O–H groups in total. The number of nitrogens with zero attached hydrogens (tertiary/aromatic N) is 7. The monoisotopic (exact) mass is 676 g/mol. The fourth-order valence-electron chi connectivity index (χ4n) is 5.20. The Bertz CT molecular complexity index is 1420. The van der Waals surface area contributed by atoms with E-state index >= 15 is 0 Å². The van der Waals surface area contributed by atoms with Crippen molar-refractivity contribution < 1.29 is 19.4 Å². The molecule has 248 valence electrons. The third-order valence-corrected chi connectivity index (χ3v) is 7.64. The van der Waals surface area contributed by atoms with Gasteiger partial charge in [0.25, 0.3) is 11.9 Å². The molecular weight excluding hydrogens is 639 g/mol. The summed E-state index contributed by atoms with van der Waals surface area (Å²) < 4.78 is 5.82. The summed E-state index contributed by atoms with van der Waals surface area (Å²) in [6, 6.07) is 7.20. The van der Waals surface area contributed by atoms with Crippen LogP contribution in [-0.4, -0.2) is 79.8 Å². The van der Waals surface area contributed by atoms with Crippen molar-refractivity contribution in [2.75, 3.05) is 32.8 Å². The van der Waals surface area contributed by atoms with Crippen molar-refractivity contribution in [3.8, 4) is 0 Å². The summed E-state index contributed by atoms with van der Waals surface area (Å²) in [5.41, 5.74) is 2.22. The minimum absolute atomic E-state index is 0.1000. The number of nitro groups is 2. The molecule has 0 aromatic carbocycles. The van der Waals surface area contributed by atoms with E-state index < -0.39 is 4.92 Å². The zero-order valence-electron chi connectivity index (χ0n) is 25.9. The van der Waals surface area contributed by atoms with E-state index in [9.17, 15) is 25.0 Å². The average molecular weight is 678 g/mol. The predicted octanol–water partition coefficient (Wildman–Crippen LogP) is 4.68. The number of hydrogen-bond donors (Lipinski definition) is 1. The second-order valence-corrected chi connectivity index (χ2v) is 11.2. The third kappa shape index (κ3) is 10.4. The molecular formula is C30H38Cl2N8O6. The highest BCUT2D eigenvalue weighted by Gasteiger charge is 2.45. The first kappa shape index (κ1) is 36.2. The molecule has 46 heavy (non-hydrogen) atoms. The molecule has 2 aromatic rings. The molecule has 3 aliphatic heterocycles. The molecule has 5 heterocycles. The van der Waals surface area contributed by atoms with Gasteiger partial charge in [0.1, 0.15) is 22.8 Å².